The van der Waals surface area contributed by atoms with Crippen molar-refractivity contribution >= 4 is 5.91 Å². The normalized spacial score (nSPS) is 18.1. The molecular formula is C18H27N5O2. The average Bonchev–Trinajstić information content (AvgIpc) is 3.28. The van der Waals surface area contributed by atoms with Crippen LogP contribution in [0.5, 0.6) is 0 Å². The standard InChI is InChI=1S/C18H27N5O2/c1-4-22(5-2)12-15-8-9-16(25-15)18(24)23-10-6-7-14(11-23)17-20-19-13-21(17)3/h8-9,13-14H,4-7,10-12H2,1-3H3. The number of amides is 1. The minimum absolute atomic E-state index is 0.0299. The second-order valence-corrected chi connectivity index (χ2v) is 6.62. The largest absolute Gasteiger partial charge is 0.455 e. The summed E-state index contributed by atoms with van der Waals surface area (Å²) in [6, 6.07) is 3.71. The molecule has 1 saturated heterocycles. The number of likely N-dealkylation sites (tertiary alicyclic amines) is 1. The van der Waals surface area contributed by atoms with Crippen LogP contribution in [-0.2, 0) is 13.6 Å². The highest BCUT2D eigenvalue weighted by Crippen LogP contribution is 2.26. The highest BCUT2D eigenvalue weighted by molar-refractivity contribution is 5.91. The second-order valence-electron chi connectivity index (χ2n) is 6.62. The predicted octanol–water partition coefficient (Wildman–Crippen LogP) is 2.27. The Morgan fingerprint density at radius 2 is 2.16 bits per heavy atom. The molecule has 0 saturated carbocycles. The molecule has 1 atom stereocenters. The van der Waals surface area contributed by atoms with Crippen molar-refractivity contribution < 1.29 is 9.21 Å². The van der Waals surface area contributed by atoms with Crippen molar-refractivity contribution in [2.45, 2.75) is 39.2 Å². The van der Waals surface area contributed by atoms with Gasteiger partial charge in [0.2, 0.25) is 0 Å². The Hall–Kier alpha value is -2.15. The maximum absolute atomic E-state index is 12.8. The number of aromatic nitrogens is 3. The topological polar surface area (TPSA) is 67.4 Å². The molecule has 7 heteroatoms. The van der Waals surface area contributed by atoms with E-state index < -0.39 is 0 Å². The number of rotatable bonds is 6. The van der Waals surface area contributed by atoms with Crippen LogP contribution in [0.2, 0.25) is 0 Å². The number of aryl methyl sites for hydroxylation is 1. The van der Waals surface area contributed by atoms with Crippen molar-refractivity contribution in [3.63, 3.8) is 0 Å². The molecule has 1 aliphatic rings. The molecule has 1 amide bonds. The number of nitrogens with zero attached hydrogens (tertiary/aromatic N) is 5. The highest BCUT2D eigenvalue weighted by Gasteiger charge is 2.29. The summed E-state index contributed by atoms with van der Waals surface area (Å²) in [6.45, 7) is 8.34. The van der Waals surface area contributed by atoms with Crippen LogP contribution in [0.3, 0.4) is 0 Å². The van der Waals surface area contributed by atoms with Crippen LogP contribution in [-0.4, -0.2) is 56.7 Å². The van der Waals surface area contributed by atoms with E-state index in [1.54, 1.807) is 12.4 Å². The van der Waals surface area contributed by atoms with Gasteiger partial charge in [-0.15, -0.1) is 10.2 Å². The first kappa shape index (κ1) is 17.7. The van der Waals surface area contributed by atoms with Crippen molar-refractivity contribution in [1.29, 1.82) is 0 Å². The van der Waals surface area contributed by atoms with Crippen LogP contribution in [0.15, 0.2) is 22.9 Å². The first-order chi connectivity index (χ1) is 12.1. The van der Waals surface area contributed by atoms with E-state index in [9.17, 15) is 4.79 Å². The molecule has 0 bridgehead atoms. The van der Waals surface area contributed by atoms with Gasteiger partial charge in [-0.25, -0.2) is 0 Å². The van der Waals surface area contributed by atoms with Crippen molar-refractivity contribution in [3.8, 4) is 0 Å². The molecule has 3 heterocycles. The summed E-state index contributed by atoms with van der Waals surface area (Å²) in [5, 5.41) is 8.17. The molecule has 1 unspecified atom stereocenters. The van der Waals surface area contributed by atoms with E-state index >= 15 is 0 Å². The smallest absolute Gasteiger partial charge is 0.289 e. The Balaban J connectivity index is 1.66. The third-order valence-corrected chi connectivity index (χ3v) is 4.97. The van der Waals surface area contributed by atoms with Crippen LogP contribution >= 0.6 is 0 Å². The Morgan fingerprint density at radius 1 is 1.36 bits per heavy atom. The molecule has 1 aliphatic heterocycles. The van der Waals surface area contributed by atoms with E-state index in [0.717, 1.165) is 50.6 Å². The number of hydrogen-bond donors (Lipinski definition) is 0. The molecule has 1 fully saturated rings. The molecule has 0 aromatic carbocycles. The summed E-state index contributed by atoms with van der Waals surface area (Å²) in [7, 11) is 1.95. The number of hydrogen-bond acceptors (Lipinski definition) is 5. The molecule has 3 rings (SSSR count). The molecule has 7 nitrogen and oxygen atoms in total. The fraction of sp³-hybridized carbons (Fsp3) is 0.611. The lowest BCUT2D eigenvalue weighted by Gasteiger charge is -2.31. The van der Waals surface area contributed by atoms with Gasteiger partial charge in [0.15, 0.2) is 5.76 Å². The van der Waals surface area contributed by atoms with Gasteiger partial charge in [0, 0.05) is 26.1 Å². The van der Waals surface area contributed by atoms with Gasteiger partial charge >= 0.3 is 0 Å². The average molecular weight is 345 g/mol. The van der Waals surface area contributed by atoms with Gasteiger partial charge in [-0.2, -0.15) is 0 Å². The van der Waals surface area contributed by atoms with Crippen molar-refractivity contribution in [1.82, 2.24) is 24.6 Å². The summed E-state index contributed by atoms with van der Waals surface area (Å²) < 4.78 is 7.75. The first-order valence-corrected chi connectivity index (χ1v) is 9.06. The van der Waals surface area contributed by atoms with Gasteiger partial charge in [0.05, 0.1) is 6.54 Å². The van der Waals surface area contributed by atoms with Crippen LogP contribution in [0.1, 0.15) is 54.7 Å². The lowest BCUT2D eigenvalue weighted by molar-refractivity contribution is 0.0667. The fourth-order valence-electron chi connectivity index (χ4n) is 3.44. The predicted molar refractivity (Wildman–Crippen MR) is 94.2 cm³/mol. The number of carbonyl (C=O) groups is 1. The Labute approximate surface area is 148 Å². The summed E-state index contributed by atoms with van der Waals surface area (Å²) >= 11 is 0. The molecule has 0 spiro atoms. The third-order valence-electron chi connectivity index (χ3n) is 4.97. The lowest BCUT2D eigenvalue weighted by Crippen LogP contribution is -2.39. The summed E-state index contributed by atoms with van der Waals surface area (Å²) in [6.07, 6.45) is 3.71. The van der Waals surface area contributed by atoms with Crippen LogP contribution in [0.25, 0.3) is 0 Å². The molecule has 2 aromatic rings. The third kappa shape index (κ3) is 3.92. The van der Waals surface area contributed by atoms with Gasteiger partial charge in [0.25, 0.3) is 5.91 Å². The Bertz CT molecular complexity index is 704. The van der Waals surface area contributed by atoms with Gasteiger partial charge in [-0.05, 0) is 38.1 Å². The summed E-state index contributed by atoms with van der Waals surface area (Å²) in [4.78, 5) is 17.0. The Morgan fingerprint density at radius 3 is 2.84 bits per heavy atom. The SMILES string of the molecule is CCN(CC)Cc1ccc(C(=O)N2CCCC(c3nncn3C)C2)o1. The van der Waals surface area contributed by atoms with Crippen LogP contribution < -0.4 is 0 Å². The number of furan rings is 1. The molecule has 136 valence electrons. The minimum Gasteiger partial charge on any atom is -0.455 e. The van der Waals surface area contributed by atoms with Crippen LogP contribution in [0.4, 0.5) is 0 Å². The van der Waals surface area contributed by atoms with E-state index in [0.29, 0.717) is 12.3 Å². The van der Waals surface area contributed by atoms with E-state index in [4.69, 9.17) is 4.42 Å². The van der Waals surface area contributed by atoms with Crippen molar-refractivity contribution in [2.24, 2.45) is 7.05 Å². The van der Waals surface area contributed by atoms with E-state index in [-0.39, 0.29) is 11.8 Å². The summed E-state index contributed by atoms with van der Waals surface area (Å²) in [5.74, 6) is 2.42. The van der Waals surface area contributed by atoms with Gasteiger partial charge in [-0.3, -0.25) is 9.69 Å². The zero-order valence-electron chi connectivity index (χ0n) is 15.3. The summed E-state index contributed by atoms with van der Waals surface area (Å²) in [5.41, 5.74) is 0. The number of piperidine rings is 1. The van der Waals surface area contributed by atoms with Gasteiger partial charge in [-0.1, -0.05) is 13.8 Å². The fourth-order valence-corrected chi connectivity index (χ4v) is 3.44. The monoisotopic (exact) mass is 345 g/mol. The van der Waals surface area contributed by atoms with Crippen LogP contribution in [0, 0.1) is 0 Å². The molecule has 0 radical (unpaired) electrons. The zero-order chi connectivity index (χ0) is 17.8. The second kappa shape index (κ2) is 7.82. The van der Waals surface area contributed by atoms with E-state index in [1.165, 1.54) is 0 Å². The zero-order valence-corrected chi connectivity index (χ0v) is 15.3. The Kier molecular flexibility index (Phi) is 5.53. The molecular weight excluding hydrogens is 318 g/mol. The molecule has 0 N–H and O–H groups in total. The highest BCUT2D eigenvalue weighted by atomic mass is 16.4. The van der Waals surface area contributed by atoms with Gasteiger partial charge in [0.1, 0.15) is 17.9 Å². The van der Waals surface area contributed by atoms with Crippen molar-refractivity contribution in [3.05, 3.63) is 35.8 Å². The number of carbonyl (C=O) groups excluding carboxylic acids is 1. The maximum Gasteiger partial charge on any atom is 0.289 e. The molecule has 2 aromatic heterocycles. The van der Waals surface area contributed by atoms with E-state index in [2.05, 4.69) is 28.9 Å². The molecule has 0 aliphatic carbocycles. The minimum atomic E-state index is -0.0299. The maximum atomic E-state index is 12.8. The quantitative estimate of drug-likeness (QED) is 0.803. The van der Waals surface area contributed by atoms with E-state index in [1.807, 2.05) is 22.6 Å². The van der Waals surface area contributed by atoms with Crippen molar-refractivity contribution in [2.75, 3.05) is 26.2 Å². The lowest BCUT2D eigenvalue weighted by atomic mass is 9.97. The first-order valence-electron chi connectivity index (χ1n) is 9.06. The van der Waals surface area contributed by atoms with Gasteiger partial charge < -0.3 is 13.9 Å². The molecule has 25 heavy (non-hydrogen) atoms.